The van der Waals surface area contributed by atoms with E-state index in [1.165, 1.54) is 10.5 Å². The van der Waals surface area contributed by atoms with Crippen molar-refractivity contribution in [3.8, 4) is 11.4 Å². The number of hydrogen-bond donors (Lipinski definition) is 0. The van der Waals surface area contributed by atoms with E-state index in [1.807, 2.05) is 18.0 Å². The summed E-state index contributed by atoms with van der Waals surface area (Å²) < 4.78 is 2.13. The van der Waals surface area contributed by atoms with Crippen LogP contribution in [0.1, 0.15) is 12.5 Å². The molecule has 0 amide bonds. The third kappa shape index (κ3) is 2.20. The Labute approximate surface area is 123 Å². The molecular weight excluding hydrogens is 266 g/mol. The van der Waals surface area contributed by atoms with Gasteiger partial charge in [-0.2, -0.15) is 0 Å². The number of nitrogens with zero attached hydrogens (tertiary/aromatic N) is 3. The minimum Gasteiger partial charge on any atom is -0.326 e. The highest BCUT2D eigenvalue weighted by Gasteiger charge is 2.13. The van der Waals surface area contributed by atoms with Gasteiger partial charge in [0.05, 0.1) is 5.52 Å². The second-order valence-corrected chi connectivity index (χ2v) is 6.08. The predicted molar refractivity (Wildman–Crippen MR) is 85.1 cm³/mol. The van der Waals surface area contributed by atoms with Crippen LogP contribution < -0.4 is 0 Å². The smallest absolute Gasteiger partial charge is 0.178 e. The summed E-state index contributed by atoms with van der Waals surface area (Å²) in [6.07, 6.45) is 1.87. The molecule has 0 N–H and O–H groups in total. The van der Waals surface area contributed by atoms with E-state index in [0.717, 1.165) is 28.3 Å². The number of rotatable bonds is 3. The summed E-state index contributed by atoms with van der Waals surface area (Å²) in [6, 6.07) is 10.6. The van der Waals surface area contributed by atoms with Crippen LogP contribution >= 0.6 is 11.8 Å². The predicted octanol–water partition coefficient (Wildman–Crippen LogP) is 4.06. The maximum absolute atomic E-state index is 4.71. The standard InChI is InChI=1S/C16H17N3S/c1-4-20-14-8-6-5-7-12(14)16-18-15-13(19(16)3)9-11(2)10-17-15/h5-10H,4H2,1-3H3. The highest BCUT2D eigenvalue weighted by molar-refractivity contribution is 7.99. The number of benzene rings is 1. The van der Waals surface area contributed by atoms with Gasteiger partial charge in [-0.05, 0) is 30.4 Å². The Hall–Kier alpha value is -1.81. The number of hydrogen-bond acceptors (Lipinski definition) is 3. The number of aromatic nitrogens is 3. The second-order valence-electron chi connectivity index (χ2n) is 4.78. The molecule has 0 aliphatic heterocycles. The summed E-state index contributed by atoms with van der Waals surface area (Å²) in [7, 11) is 2.05. The lowest BCUT2D eigenvalue weighted by Crippen LogP contribution is -1.94. The number of imidazole rings is 1. The molecule has 3 rings (SSSR count). The first-order chi connectivity index (χ1) is 9.70. The van der Waals surface area contributed by atoms with Crippen molar-refractivity contribution in [3.63, 3.8) is 0 Å². The van der Waals surface area contributed by atoms with Crippen molar-refractivity contribution in [1.82, 2.24) is 14.5 Å². The van der Waals surface area contributed by atoms with E-state index in [0.29, 0.717) is 0 Å². The zero-order valence-corrected chi connectivity index (χ0v) is 12.7. The van der Waals surface area contributed by atoms with Crippen LogP contribution in [0.4, 0.5) is 0 Å². The molecular formula is C16H17N3S. The summed E-state index contributed by atoms with van der Waals surface area (Å²) in [4.78, 5) is 10.4. The van der Waals surface area contributed by atoms with Gasteiger partial charge in [-0.1, -0.05) is 25.1 Å². The van der Waals surface area contributed by atoms with Crippen LogP contribution in [0.15, 0.2) is 41.4 Å². The first-order valence-corrected chi connectivity index (χ1v) is 7.70. The van der Waals surface area contributed by atoms with Gasteiger partial charge in [0.2, 0.25) is 0 Å². The molecule has 0 atom stereocenters. The molecule has 0 aliphatic rings. The minimum atomic E-state index is 0.810. The van der Waals surface area contributed by atoms with E-state index in [-0.39, 0.29) is 0 Å². The molecule has 0 unspecified atom stereocenters. The molecule has 0 fully saturated rings. The highest BCUT2D eigenvalue weighted by atomic mass is 32.2. The van der Waals surface area contributed by atoms with Gasteiger partial charge in [0, 0.05) is 23.7 Å². The minimum absolute atomic E-state index is 0.810. The van der Waals surface area contributed by atoms with Gasteiger partial charge in [-0.25, -0.2) is 9.97 Å². The average Bonchev–Trinajstić information content (AvgIpc) is 2.77. The molecule has 102 valence electrons. The quantitative estimate of drug-likeness (QED) is 0.679. The van der Waals surface area contributed by atoms with Crippen molar-refractivity contribution in [1.29, 1.82) is 0 Å². The summed E-state index contributed by atoms with van der Waals surface area (Å²) in [5.74, 6) is 2.04. The lowest BCUT2D eigenvalue weighted by Gasteiger charge is -2.08. The summed E-state index contributed by atoms with van der Waals surface area (Å²) in [5, 5.41) is 0. The first kappa shape index (κ1) is 13.2. The van der Waals surface area contributed by atoms with Crippen molar-refractivity contribution in [2.24, 2.45) is 7.05 Å². The SMILES string of the molecule is CCSc1ccccc1-c1nc2ncc(C)cc2n1C. The lowest BCUT2D eigenvalue weighted by molar-refractivity contribution is 0.954. The van der Waals surface area contributed by atoms with Gasteiger partial charge in [0.15, 0.2) is 5.65 Å². The topological polar surface area (TPSA) is 30.7 Å². The molecule has 20 heavy (non-hydrogen) atoms. The van der Waals surface area contributed by atoms with Crippen LogP contribution in [0, 0.1) is 6.92 Å². The molecule has 3 nitrogen and oxygen atoms in total. The molecule has 0 radical (unpaired) electrons. The first-order valence-electron chi connectivity index (χ1n) is 6.72. The van der Waals surface area contributed by atoms with E-state index in [1.54, 1.807) is 0 Å². The largest absolute Gasteiger partial charge is 0.326 e. The number of fused-ring (bicyclic) bond motifs is 1. The van der Waals surface area contributed by atoms with E-state index in [4.69, 9.17) is 4.98 Å². The van der Waals surface area contributed by atoms with E-state index < -0.39 is 0 Å². The van der Waals surface area contributed by atoms with Crippen LogP contribution in [0.5, 0.6) is 0 Å². The molecule has 0 aliphatic carbocycles. The van der Waals surface area contributed by atoms with Crippen molar-refractivity contribution in [3.05, 3.63) is 42.1 Å². The Morgan fingerprint density at radius 1 is 1.25 bits per heavy atom. The average molecular weight is 283 g/mol. The Balaban J connectivity index is 2.22. The van der Waals surface area contributed by atoms with Gasteiger partial charge in [0.25, 0.3) is 0 Å². The lowest BCUT2D eigenvalue weighted by atomic mass is 10.2. The Morgan fingerprint density at radius 3 is 2.85 bits per heavy atom. The molecule has 3 aromatic rings. The van der Waals surface area contributed by atoms with E-state index in [9.17, 15) is 0 Å². The van der Waals surface area contributed by atoms with Gasteiger partial charge in [-0.15, -0.1) is 11.8 Å². The maximum atomic E-state index is 4.71. The molecule has 0 saturated heterocycles. The van der Waals surface area contributed by atoms with E-state index >= 15 is 0 Å². The number of thioether (sulfide) groups is 1. The molecule has 2 heterocycles. The van der Waals surface area contributed by atoms with Gasteiger partial charge < -0.3 is 4.57 Å². The monoisotopic (exact) mass is 283 g/mol. The Kier molecular flexibility index (Phi) is 3.49. The molecule has 0 saturated carbocycles. The highest BCUT2D eigenvalue weighted by Crippen LogP contribution is 2.31. The van der Waals surface area contributed by atoms with Crippen LogP contribution in [-0.2, 0) is 7.05 Å². The molecule has 2 aromatic heterocycles. The van der Waals surface area contributed by atoms with Crippen molar-refractivity contribution in [2.45, 2.75) is 18.7 Å². The van der Waals surface area contributed by atoms with Gasteiger partial charge >= 0.3 is 0 Å². The normalized spacial score (nSPS) is 11.2. The van der Waals surface area contributed by atoms with Crippen LogP contribution in [-0.4, -0.2) is 20.3 Å². The second kappa shape index (κ2) is 5.29. The number of aryl methyl sites for hydroxylation is 2. The van der Waals surface area contributed by atoms with Crippen LogP contribution in [0.2, 0.25) is 0 Å². The molecule has 4 heteroatoms. The Morgan fingerprint density at radius 2 is 2.05 bits per heavy atom. The fourth-order valence-corrected chi connectivity index (χ4v) is 3.14. The fourth-order valence-electron chi connectivity index (χ4n) is 2.34. The third-order valence-electron chi connectivity index (χ3n) is 3.30. The van der Waals surface area contributed by atoms with Gasteiger partial charge in [-0.3, -0.25) is 0 Å². The maximum Gasteiger partial charge on any atom is 0.178 e. The van der Waals surface area contributed by atoms with Crippen molar-refractivity contribution in [2.75, 3.05) is 5.75 Å². The number of pyridine rings is 1. The Bertz CT molecular complexity index is 762. The van der Waals surface area contributed by atoms with Crippen molar-refractivity contribution >= 4 is 22.9 Å². The van der Waals surface area contributed by atoms with E-state index in [2.05, 4.69) is 60.8 Å². The zero-order chi connectivity index (χ0) is 14.1. The van der Waals surface area contributed by atoms with Gasteiger partial charge in [0.1, 0.15) is 5.82 Å². The fraction of sp³-hybridized carbons (Fsp3) is 0.250. The zero-order valence-electron chi connectivity index (χ0n) is 11.9. The van der Waals surface area contributed by atoms with Crippen LogP contribution in [0.25, 0.3) is 22.6 Å². The molecule has 1 aromatic carbocycles. The van der Waals surface area contributed by atoms with Crippen molar-refractivity contribution < 1.29 is 0 Å². The summed E-state index contributed by atoms with van der Waals surface area (Å²) in [6.45, 7) is 4.22. The molecule has 0 spiro atoms. The van der Waals surface area contributed by atoms with Crippen LogP contribution in [0.3, 0.4) is 0 Å². The molecule has 0 bridgehead atoms. The summed E-state index contributed by atoms with van der Waals surface area (Å²) in [5.41, 5.74) is 4.22. The summed E-state index contributed by atoms with van der Waals surface area (Å²) >= 11 is 1.84. The third-order valence-corrected chi connectivity index (χ3v) is 4.26.